The fourth-order valence-electron chi connectivity index (χ4n) is 2.55. The van der Waals surface area contributed by atoms with Crippen molar-refractivity contribution in [3.05, 3.63) is 48.0 Å². The molecule has 0 atom stereocenters. The van der Waals surface area contributed by atoms with E-state index >= 15 is 0 Å². The normalized spacial score (nSPS) is 11.3. The average molecular weight is 339 g/mol. The number of ether oxygens (including phenoxy) is 1. The Bertz CT molecular complexity index is 976. The van der Waals surface area contributed by atoms with E-state index in [1.807, 2.05) is 19.1 Å². The minimum absolute atomic E-state index is 0.0261. The van der Waals surface area contributed by atoms with Gasteiger partial charge in [0.25, 0.3) is 0 Å². The second-order valence-corrected chi connectivity index (χ2v) is 5.40. The van der Waals surface area contributed by atoms with Crippen molar-refractivity contribution in [1.29, 1.82) is 0 Å². The van der Waals surface area contributed by atoms with E-state index in [1.165, 1.54) is 12.1 Å². The van der Waals surface area contributed by atoms with Gasteiger partial charge in [-0.1, -0.05) is 6.07 Å². The molecule has 1 aromatic heterocycles. The van der Waals surface area contributed by atoms with Gasteiger partial charge < -0.3 is 19.5 Å². The summed E-state index contributed by atoms with van der Waals surface area (Å²) in [5.41, 5.74) is 1.60. The van der Waals surface area contributed by atoms with E-state index in [-0.39, 0.29) is 11.4 Å². The molecule has 3 aromatic rings. The number of hydrogen-bond acceptors (Lipinski definition) is 5. The monoisotopic (exact) mass is 339 g/mol. The van der Waals surface area contributed by atoms with Crippen LogP contribution in [0.25, 0.3) is 10.9 Å². The fraction of sp³-hybridized carbons (Fsp3) is 0.167. The van der Waals surface area contributed by atoms with Crippen molar-refractivity contribution in [2.24, 2.45) is 17.3 Å². The summed E-state index contributed by atoms with van der Waals surface area (Å²) in [5.74, 6) is -0.391. The number of aromatic nitrogens is 1. The summed E-state index contributed by atoms with van der Waals surface area (Å²) in [4.78, 5) is 11.0. The first-order chi connectivity index (χ1) is 12.0. The highest BCUT2D eigenvalue weighted by atomic mass is 16.5. The van der Waals surface area contributed by atoms with Gasteiger partial charge >= 0.3 is 5.97 Å². The highest BCUT2D eigenvalue weighted by Gasteiger charge is 2.15. The minimum atomic E-state index is -1.04. The molecule has 0 aliphatic heterocycles. The van der Waals surface area contributed by atoms with Crippen LogP contribution in [-0.4, -0.2) is 27.4 Å². The third-order valence-corrected chi connectivity index (χ3v) is 3.78. The van der Waals surface area contributed by atoms with Crippen LogP contribution in [0.3, 0.4) is 0 Å². The summed E-state index contributed by atoms with van der Waals surface area (Å²) < 4.78 is 7.10. The lowest BCUT2D eigenvalue weighted by atomic mass is 10.2. The smallest absolute Gasteiger partial charge is 0.335 e. The minimum Gasteiger partial charge on any atom is -0.494 e. The van der Waals surface area contributed by atoms with Gasteiger partial charge in [-0.3, -0.25) is 0 Å². The Morgan fingerprint density at radius 1 is 1.20 bits per heavy atom. The highest BCUT2D eigenvalue weighted by molar-refractivity contribution is 5.96. The summed E-state index contributed by atoms with van der Waals surface area (Å²) in [6.45, 7) is 2.42. The zero-order valence-electron chi connectivity index (χ0n) is 13.8. The number of azo groups is 1. The molecule has 0 aliphatic rings. The molecule has 0 aliphatic carbocycles. The summed E-state index contributed by atoms with van der Waals surface area (Å²) >= 11 is 0. The molecular formula is C18H17N3O4. The second-order valence-electron chi connectivity index (χ2n) is 5.40. The maximum Gasteiger partial charge on any atom is 0.335 e. The van der Waals surface area contributed by atoms with Crippen LogP contribution in [-0.2, 0) is 7.05 Å². The third kappa shape index (κ3) is 3.16. The number of benzene rings is 2. The molecular weight excluding hydrogens is 322 g/mol. The Hall–Kier alpha value is -3.35. The predicted octanol–water partition coefficient (Wildman–Crippen LogP) is 4.40. The van der Waals surface area contributed by atoms with Crippen LogP contribution in [0.1, 0.15) is 17.3 Å². The van der Waals surface area contributed by atoms with E-state index in [0.29, 0.717) is 29.1 Å². The molecule has 0 saturated heterocycles. The van der Waals surface area contributed by atoms with Crippen molar-refractivity contribution in [2.75, 3.05) is 6.61 Å². The third-order valence-electron chi connectivity index (χ3n) is 3.78. The van der Waals surface area contributed by atoms with E-state index in [1.54, 1.807) is 29.8 Å². The molecule has 0 spiro atoms. The molecule has 0 radical (unpaired) electrons. The number of rotatable bonds is 5. The van der Waals surface area contributed by atoms with Crippen LogP contribution >= 0.6 is 0 Å². The van der Waals surface area contributed by atoms with Crippen LogP contribution in [0.4, 0.5) is 11.4 Å². The van der Waals surface area contributed by atoms with Crippen LogP contribution < -0.4 is 4.74 Å². The number of carboxylic acids is 1. The average Bonchev–Trinajstić information content (AvgIpc) is 2.84. The Morgan fingerprint density at radius 2 is 2.00 bits per heavy atom. The SMILES string of the molecule is CCOc1ccc2c(c1)c(N=Nc1cccc(C(=O)O)c1)c(O)n2C. The number of carbonyl (C=O) groups is 1. The number of fused-ring (bicyclic) bond motifs is 1. The van der Waals surface area contributed by atoms with Crippen molar-refractivity contribution in [3.63, 3.8) is 0 Å². The van der Waals surface area contributed by atoms with E-state index in [4.69, 9.17) is 9.84 Å². The first-order valence-electron chi connectivity index (χ1n) is 7.70. The molecule has 1 heterocycles. The quantitative estimate of drug-likeness (QED) is 0.673. The first-order valence-corrected chi connectivity index (χ1v) is 7.70. The summed E-state index contributed by atoms with van der Waals surface area (Å²) in [6.07, 6.45) is 0. The van der Waals surface area contributed by atoms with E-state index in [0.717, 1.165) is 5.52 Å². The van der Waals surface area contributed by atoms with Crippen LogP contribution in [0.15, 0.2) is 52.7 Å². The maximum atomic E-state index is 11.0. The van der Waals surface area contributed by atoms with Crippen molar-refractivity contribution in [2.45, 2.75) is 6.92 Å². The molecule has 2 N–H and O–H groups in total. The van der Waals surface area contributed by atoms with Gasteiger partial charge in [-0.25, -0.2) is 4.79 Å². The van der Waals surface area contributed by atoms with Crippen LogP contribution in [0.2, 0.25) is 0 Å². The lowest BCUT2D eigenvalue weighted by molar-refractivity contribution is 0.0697. The fourth-order valence-corrected chi connectivity index (χ4v) is 2.55. The molecule has 0 amide bonds. The molecule has 128 valence electrons. The Morgan fingerprint density at radius 3 is 2.72 bits per heavy atom. The molecule has 25 heavy (non-hydrogen) atoms. The summed E-state index contributed by atoms with van der Waals surface area (Å²) in [5, 5.41) is 28.3. The Labute approximate surface area is 143 Å². The lowest BCUT2D eigenvalue weighted by Gasteiger charge is -2.03. The summed E-state index contributed by atoms with van der Waals surface area (Å²) in [6, 6.07) is 11.6. The van der Waals surface area contributed by atoms with Crippen LogP contribution in [0, 0.1) is 0 Å². The van der Waals surface area contributed by atoms with Crippen LogP contribution in [0.5, 0.6) is 11.6 Å². The van der Waals surface area contributed by atoms with Gasteiger partial charge in [0, 0.05) is 12.4 Å². The number of hydrogen-bond donors (Lipinski definition) is 2. The molecule has 0 unspecified atom stereocenters. The van der Waals surface area contributed by atoms with Crippen molar-refractivity contribution in [3.8, 4) is 11.6 Å². The first kappa shape index (κ1) is 16.5. The van der Waals surface area contributed by atoms with Gasteiger partial charge in [0.05, 0.1) is 23.4 Å². The lowest BCUT2D eigenvalue weighted by Crippen LogP contribution is -1.94. The summed E-state index contributed by atoms with van der Waals surface area (Å²) in [7, 11) is 1.72. The zero-order chi connectivity index (χ0) is 18.0. The van der Waals surface area contributed by atoms with Gasteiger partial charge in [0.2, 0.25) is 5.88 Å². The zero-order valence-corrected chi connectivity index (χ0v) is 13.8. The molecule has 7 nitrogen and oxygen atoms in total. The number of nitrogens with zero attached hydrogens (tertiary/aromatic N) is 3. The van der Waals surface area contributed by atoms with Gasteiger partial charge in [0.1, 0.15) is 5.75 Å². The number of aryl methyl sites for hydroxylation is 1. The number of carboxylic acid groups (broad SMARTS) is 1. The van der Waals surface area contributed by atoms with Gasteiger partial charge in [-0.05, 0) is 43.3 Å². The Balaban J connectivity index is 2.05. The molecule has 3 rings (SSSR count). The molecule has 0 fully saturated rings. The van der Waals surface area contributed by atoms with E-state index < -0.39 is 5.97 Å². The van der Waals surface area contributed by atoms with Gasteiger partial charge in [0.15, 0.2) is 5.69 Å². The second kappa shape index (κ2) is 6.64. The number of aromatic hydroxyl groups is 1. The largest absolute Gasteiger partial charge is 0.494 e. The van der Waals surface area contributed by atoms with E-state index in [9.17, 15) is 9.90 Å². The van der Waals surface area contributed by atoms with Gasteiger partial charge in [-0.15, -0.1) is 5.11 Å². The topological polar surface area (TPSA) is 96.4 Å². The number of aromatic carboxylic acids is 1. The molecule has 0 saturated carbocycles. The van der Waals surface area contributed by atoms with E-state index in [2.05, 4.69) is 10.2 Å². The van der Waals surface area contributed by atoms with Gasteiger partial charge in [-0.2, -0.15) is 5.11 Å². The van der Waals surface area contributed by atoms with Crippen molar-refractivity contribution < 1.29 is 19.7 Å². The molecule has 0 bridgehead atoms. The maximum absolute atomic E-state index is 11.0. The van der Waals surface area contributed by atoms with Crippen molar-refractivity contribution >= 4 is 28.2 Å². The highest BCUT2D eigenvalue weighted by Crippen LogP contribution is 2.40. The standard InChI is InChI=1S/C18H17N3O4/c1-3-25-13-7-8-15-14(10-13)16(17(22)21(15)2)20-19-12-6-4-5-11(9-12)18(23)24/h4-10,22H,3H2,1-2H3,(H,23,24). The Kier molecular flexibility index (Phi) is 4.38. The molecule has 2 aromatic carbocycles. The molecule has 7 heteroatoms. The van der Waals surface area contributed by atoms with Crippen molar-refractivity contribution in [1.82, 2.24) is 4.57 Å². The predicted molar refractivity (Wildman–Crippen MR) is 93.3 cm³/mol.